The monoisotopic (exact) mass is 220 g/mol. The minimum absolute atomic E-state index is 0.0196. The van der Waals surface area contributed by atoms with Gasteiger partial charge in [-0.05, 0) is 6.07 Å². The zero-order chi connectivity index (χ0) is 11.4. The Balaban J connectivity index is 2.25. The number of piperazine rings is 1. The van der Waals surface area contributed by atoms with Crippen molar-refractivity contribution >= 4 is 0 Å². The lowest BCUT2D eigenvalue weighted by molar-refractivity contribution is 0.202. The van der Waals surface area contributed by atoms with Gasteiger partial charge in [0.1, 0.15) is 0 Å². The highest BCUT2D eigenvalue weighted by Crippen LogP contribution is 2.18. The normalized spacial score (nSPS) is 19.2. The van der Waals surface area contributed by atoms with Gasteiger partial charge in [0, 0.05) is 37.9 Å². The first kappa shape index (κ1) is 11.0. The summed E-state index contributed by atoms with van der Waals surface area (Å²) in [6.45, 7) is 7.58. The topological polar surface area (TPSA) is 61.0 Å². The molecule has 0 radical (unpaired) electrons. The summed E-state index contributed by atoms with van der Waals surface area (Å²) >= 11 is 0. The van der Waals surface area contributed by atoms with E-state index in [0.717, 1.165) is 26.2 Å². The molecule has 16 heavy (non-hydrogen) atoms. The largest absolute Gasteiger partial charge is 0.314 e. The molecule has 1 aliphatic heterocycles. The maximum Gasteiger partial charge on any atom is 0.269 e. The summed E-state index contributed by atoms with van der Waals surface area (Å²) < 4.78 is 0. The number of aromatic nitrogens is 2. The molecule has 5 heteroatoms. The molecule has 1 unspecified atom stereocenters. The Hall–Kier alpha value is -1.46. The first-order valence-corrected chi connectivity index (χ1v) is 5.44. The molecule has 2 N–H and O–H groups in total. The first-order chi connectivity index (χ1) is 7.83. The van der Waals surface area contributed by atoms with Crippen molar-refractivity contribution in [1.29, 1.82) is 0 Å². The van der Waals surface area contributed by atoms with E-state index >= 15 is 0 Å². The maximum atomic E-state index is 11.7. The Bertz CT molecular complexity index is 408. The predicted octanol–water partition coefficient (Wildman–Crippen LogP) is -0.0978. The summed E-state index contributed by atoms with van der Waals surface area (Å²) in [7, 11) is 0. The highest BCUT2D eigenvalue weighted by molar-refractivity contribution is 5.17. The fraction of sp³-hybridized carbons (Fsp3) is 0.455. The standard InChI is InChI=1S/C11H16N4O/c1-2-10(15-7-5-12-6-8-15)9-3-4-13-14-11(9)16/h2-4,10,12H,1,5-8H2,(H,14,16). The second-order valence-electron chi connectivity index (χ2n) is 3.81. The van der Waals surface area contributed by atoms with Crippen LogP contribution in [0.5, 0.6) is 0 Å². The third kappa shape index (κ3) is 2.20. The van der Waals surface area contributed by atoms with E-state index in [-0.39, 0.29) is 11.6 Å². The van der Waals surface area contributed by atoms with E-state index in [1.165, 1.54) is 0 Å². The number of hydrogen-bond donors (Lipinski definition) is 2. The summed E-state index contributed by atoms with van der Waals surface area (Å²) in [5.41, 5.74) is 0.581. The smallest absolute Gasteiger partial charge is 0.269 e. The molecule has 0 amide bonds. The maximum absolute atomic E-state index is 11.7. The lowest BCUT2D eigenvalue weighted by atomic mass is 10.1. The Kier molecular flexibility index (Phi) is 3.48. The average molecular weight is 220 g/mol. The van der Waals surface area contributed by atoms with Gasteiger partial charge in [0.25, 0.3) is 5.56 Å². The molecule has 0 spiro atoms. The zero-order valence-electron chi connectivity index (χ0n) is 9.15. The minimum atomic E-state index is -0.133. The van der Waals surface area contributed by atoms with Crippen molar-refractivity contribution in [3.05, 3.63) is 40.8 Å². The Morgan fingerprint density at radius 1 is 1.50 bits per heavy atom. The van der Waals surface area contributed by atoms with Crippen LogP contribution in [0.15, 0.2) is 29.7 Å². The molecule has 0 aliphatic carbocycles. The van der Waals surface area contributed by atoms with Crippen molar-refractivity contribution in [3.8, 4) is 0 Å². The number of nitrogens with one attached hydrogen (secondary N) is 2. The number of aromatic amines is 1. The lowest BCUT2D eigenvalue weighted by Crippen LogP contribution is -2.45. The van der Waals surface area contributed by atoms with Gasteiger partial charge in [-0.2, -0.15) is 5.10 Å². The Morgan fingerprint density at radius 3 is 2.88 bits per heavy atom. The van der Waals surface area contributed by atoms with Crippen molar-refractivity contribution in [1.82, 2.24) is 20.4 Å². The third-order valence-corrected chi connectivity index (χ3v) is 2.84. The molecule has 1 aromatic rings. The van der Waals surface area contributed by atoms with Crippen LogP contribution in [0.3, 0.4) is 0 Å². The molecular formula is C11H16N4O. The summed E-state index contributed by atoms with van der Waals surface area (Å²) in [5.74, 6) is 0. The molecule has 0 bridgehead atoms. The Morgan fingerprint density at radius 2 is 2.25 bits per heavy atom. The molecule has 1 atom stereocenters. The first-order valence-electron chi connectivity index (χ1n) is 5.44. The van der Waals surface area contributed by atoms with Gasteiger partial charge in [0.2, 0.25) is 0 Å². The summed E-state index contributed by atoms with van der Waals surface area (Å²) in [6, 6.07) is 1.74. The van der Waals surface area contributed by atoms with Gasteiger partial charge < -0.3 is 5.32 Å². The van der Waals surface area contributed by atoms with Crippen LogP contribution in [0.2, 0.25) is 0 Å². The molecule has 1 aromatic heterocycles. The summed E-state index contributed by atoms with van der Waals surface area (Å²) in [6.07, 6.45) is 3.42. The van der Waals surface area contributed by atoms with Gasteiger partial charge in [-0.1, -0.05) is 6.08 Å². The number of nitrogens with zero attached hydrogens (tertiary/aromatic N) is 2. The number of rotatable bonds is 3. The van der Waals surface area contributed by atoms with E-state index in [2.05, 4.69) is 27.0 Å². The van der Waals surface area contributed by atoms with Crippen LogP contribution in [-0.4, -0.2) is 41.3 Å². The van der Waals surface area contributed by atoms with Gasteiger partial charge >= 0.3 is 0 Å². The van der Waals surface area contributed by atoms with E-state index in [1.807, 2.05) is 6.08 Å². The molecule has 0 aromatic carbocycles. The van der Waals surface area contributed by atoms with Crippen LogP contribution in [0.1, 0.15) is 11.6 Å². The molecule has 1 fully saturated rings. The van der Waals surface area contributed by atoms with Gasteiger partial charge in [-0.15, -0.1) is 6.58 Å². The van der Waals surface area contributed by atoms with E-state index in [4.69, 9.17) is 0 Å². The Labute approximate surface area is 94.2 Å². The highest BCUT2D eigenvalue weighted by Gasteiger charge is 2.21. The average Bonchev–Trinajstić information content (AvgIpc) is 2.34. The molecular weight excluding hydrogens is 204 g/mol. The van der Waals surface area contributed by atoms with Gasteiger partial charge in [0.15, 0.2) is 0 Å². The highest BCUT2D eigenvalue weighted by atomic mass is 16.1. The minimum Gasteiger partial charge on any atom is -0.314 e. The molecule has 2 heterocycles. The van der Waals surface area contributed by atoms with Crippen molar-refractivity contribution < 1.29 is 0 Å². The van der Waals surface area contributed by atoms with Crippen molar-refractivity contribution in [2.24, 2.45) is 0 Å². The zero-order valence-corrected chi connectivity index (χ0v) is 9.15. The van der Waals surface area contributed by atoms with Gasteiger partial charge in [-0.25, -0.2) is 5.10 Å². The van der Waals surface area contributed by atoms with E-state index in [1.54, 1.807) is 12.3 Å². The van der Waals surface area contributed by atoms with Crippen LogP contribution in [0.25, 0.3) is 0 Å². The van der Waals surface area contributed by atoms with Crippen LogP contribution in [-0.2, 0) is 0 Å². The van der Waals surface area contributed by atoms with Crippen molar-refractivity contribution in [2.45, 2.75) is 6.04 Å². The fourth-order valence-corrected chi connectivity index (χ4v) is 2.02. The van der Waals surface area contributed by atoms with Crippen LogP contribution < -0.4 is 10.9 Å². The van der Waals surface area contributed by atoms with Crippen molar-refractivity contribution in [3.63, 3.8) is 0 Å². The van der Waals surface area contributed by atoms with Crippen LogP contribution >= 0.6 is 0 Å². The second-order valence-corrected chi connectivity index (χ2v) is 3.81. The summed E-state index contributed by atoms with van der Waals surface area (Å²) in [4.78, 5) is 13.9. The molecule has 0 saturated carbocycles. The van der Waals surface area contributed by atoms with Gasteiger partial charge in [-0.3, -0.25) is 9.69 Å². The summed E-state index contributed by atoms with van der Waals surface area (Å²) in [5, 5.41) is 9.45. The second kappa shape index (κ2) is 5.05. The lowest BCUT2D eigenvalue weighted by Gasteiger charge is -2.32. The van der Waals surface area contributed by atoms with E-state index < -0.39 is 0 Å². The number of hydrogen-bond acceptors (Lipinski definition) is 4. The van der Waals surface area contributed by atoms with Crippen LogP contribution in [0.4, 0.5) is 0 Å². The molecule has 86 valence electrons. The van der Waals surface area contributed by atoms with Crippen molar-refractivity contribution in [2.75, 3.05) is 26.2 Å². The quantitative estimate of drug-likeness (QED) is 0.698. The fourth-order valence-electron chi connectivity index (χ4n) is 2.02. The molecule has 5 nitrogen and oxygen atoms in total. The van der Waals surface area contributed by atoms with Crippen LogP contribution in [0, 0.1) is 0 Å². The molecule has 2 rings (SSSR count). The van der Waals surface area contributed by atoms with Gasteiger partial charge in [0.05, 0.1) is 6.04 Å². The van der Waals surface area contributed by atoms with E-state index in [9.17, 15) is 4.79 Å². The molecule has 1 saturated heterocycles. The molecule has 1 aliphatic rings. The third-order valence-electron chi connectivity index (χ3n) is 2.84. The predicted molar refractivity (Wildman–Crippen MR) is 62.2 cm³/mol. The SMILES string of the molecule is C=CC(c1ccn[nH]c1=O)N1CCNCC1. The van der Waals surface area contributed by atoms with E-state index in [0.29, 0.717) is 5.56 Å². The number of H-pyrrole nitrogens is 1.